The normalized spacial score (nSPS) is 11.3. The highest BCUT2D eigenvalue weighted by atomic mass is 16.5. The van der Waals surface area contributed by atoms with Gasteiger partial charge in [0.2, 0.25) is 0 Å². The molecule has 5 heteroatoms. The van der Waals surface area contributed by atoms with E-state index in [1.807, 2.05) is 50.2 Å². The van der Waals surface area contributed by atoms with Crippen LogP contribution in [0.4, 0.5) is 0 Å². The molecule has 3 aromatic rings. The Morgan fingerprint density at radius 3 is 2.22 bits per heavy atom. The van der Waals surface area contributed by atoms with Gasteiger partial charge in [0.15, 0.2) is 0 Å². The third kappa shape index (κ3) is 6.36. The molecule has 0 radical (unpaired) electrons. The van der Waals surface area contributed by atoms with Crippen molar-refractivity contribution >= 4 is 10.9 Å². The van der Waals surface area contributed by atoms with Gasteiger partial charge in [-0.1, -0.05) is 20.8 Å². The Morgan fingerprint density at radius 1 is 0.844 bits per heavy atom. The number of fused-ring (bicyclic) bond motifs is 1. The van der Waals surface area contributed by atoms with Gasteiger partial charge in [-0.05, 0) is 75.8 Å². The molecule has 0 aliphatic carbocycles. The standard InChI is InChI=1S/C27H36N2O3/c1-6-16-30-22-11-9-21(10-12-22)26-19-27(31-17-15-29(7-2)8-3)24-18-23(32-20(4)5)13-14-25(24)28-26/h9-14,18-20H,6-8,15-17H2,1-5H3. The maximum atomic E-state index is 6.29. The Bertz CT molecular complexity index is 982. The molecular weight excluding hydrogens is 400 g/mol. The van der Waals surface area contributed by atoms with E-state index in [-0.39, 0.29) is 6.10 Å². The minimum absolute atomic E-state index is 0.111. The van der Waals surface area contributed by atoms with Gasteiger partial charge >= 0.3 is 0 Å². The summed E-state index contributed by atoms with van der Waals surface area (Å²) in [5.41, 5.74) is 2.81. The van der Waals surface area contributed by atoms with Crippen LogP contribution in [0.25, 0.3) is 22.2 Å². The van der Waals surface area contributed by atoms with Crippen molar-refractivity contribution in [1.82, 2.24) is 9.88 Å². The van der Waals surface area contributed by atoms with Crippen molar-refractivity contribution in [2.45, 2.75) is 47.1 Å². The molecule has 0 saturated carbocycles. The summed E-state index contributed by atoms with van der Waals surface area (Å²) in [6.45, 7) is 14.8. The van der Waals surface area contributed by atoms with E-state index in [0.717, 1.165) is 72.1 Å². The number of nitrogens with zero attached hydrogens (tertiary/aromatic N) is 2. The maximum Gasteiger partial charge on any atom is 0.131 e. The second-order valence-corrected chi connectivity index (χ2v) is 8.10. The molecule has 5 nitrogen and oxygen atoms in total. The summed E-state index contributed by atoms with van der Waals surface area (Å²) in [5, 5.41) is 0.967. The molecule has 0 atom stereocenters. The van der Waals surface area contributed by atoms with Crippen molar-refractivity contribution in [3.63, 3.8) is 0 Å². The van der Waals surface area contributed by atoms with Crippen molar-refractivity contribution in [2.75, 3.05) is 32.8 Å². The molecule has 0 amide bonds. The first-order valence-corrected chi connectivity index (χ1v) is 11.7. The average Bonchev–Trinajstić information content (AvgIpc) is 2.80. The summed E-state index contributed by atoms with van der Waals surface area (Å²) >= 11 is 0. The maximum absolute atomic E-state index is 6.29. The number of ether oxygens (including phenoxy) is 3. The lowest BCUT2D eigenvalue weighted by atomic mass is 10.1. The minimum atomic E-state index is 0.111. The molecule has 1 heterocycles. The number of pyridine rings is 1. The quantitative estimate of drug-likeness (QED) is 0.338. The average molecular weight is 437 g/mol. The molecule has 172 valence electrons. The SMILES string of the molecule is CCCOc1ccc(-c2cc(OCCN(CC)CC)c3cc(OC(C)C)ccc3n2)cc1. The molecular formula is C27H36N2O3. The zero-order valence-electron chi connectivity index (χ0n) is 20.1. The van der Waals surface area contributed by atoms with E-state index in [0.29, 0.717) is 6.61 Å². The van der Waals surface area contributed by atoms with Gasteiger partial charge in [-0.2, -0.15) is 0 Å². The van der Waals surface area contributed by atoms with Crippen LogP contribution in [0.1, 0.15) is 41.0 Å². The Hall–Kier alpha value is -2.79. The molecule has 0 aliphatic rings. The van der Waals surface area contributed by atoms with Gasteiger partial charge in [-0.3, -0.25) is 0 Å². The lowest BCUT2D eigenvalue weighted by Gasteiger charge is -2.19. The summed E-state index contributed by atoms with van der Waals surface area (Å²) in [6, 6.07) is 16.1. The highest BCUT2D eigenvalue weighted by Crippen LogP contribution is 2.33. The number of benzene rings is 2. The fourth-order valence-electron chi connectivity index (χ4n) is 3.55. The lowest BCUT2D eigenvalue weighted by Crippen LogP contribution is -2.27. The predicted octanol–water partition coefficient (Wildman–Crippen LogP) is 6.20. The molecule has 0 spiro atoms. The third-order valence-corrected chi connectivity index (χ3v) is 5.30. The van der Waals surface area contributed by atoms with E-state index in [9.17, 15) is 0 Å². The zero-order valence-corrected chi connectivity index (χ0v) is 20.1. The summed E-state index contributed by atoms with van der Waals surface area (Å²) < 4.78 is 17.9. The number of likely N-dealkylation sites (N-methyl/N-ethyl adjacent to an activating group) is 1. The van der Waals surface area contributed by atoms with Crippen LogP contribution in [0.2, 0.25) is 0 Å². The first-order chi connectivity index (χ1) is 15.5. The molecule has 0 saturated heterocycles. The van der Waals surface area contributed by atoms with Crippen molar-refractivity contribution < 1.29 is 14.2 Å². The number of aromatic nitrogens is 1. The molecule has 0 bridgehead atoms. The van der Waals surface area contributed by atoms with Gasteiger partial charge in [0.1, 0.15) is 23.9 Å². The third-order valence-electron chi connectivity index (χ3n) is 5.30. The van der Waals surface area contributed by atoms with Crippen LogP contribution < -0.4 is 14.2 Å². The van der Waals surface area contributed by atoms with Crippen molar-refractivity contribution in [3.8, 4) is 28.5 Å². The second-order valence-electron chi connectivity index (χ2n) is 8.10. The Morgan fingerprint density at radius 2 is 1.56 bits per heavy atom. The second kappa shape index (κ2) is 11.7. The summed E-state index contributed by atoms with van der Waals surface area (Å²) in [4.78, 5) is 7.26. The van der Waals surface area contributed by atoms with Crippen molar-refractivity contribution in [2.24, 2.45) is 0 Å². The van der Waals surface area contributed by atoms with E-state index >= 15 is 0 Å². The number of hydrogen-bond donors (Lipinski definition) is 0. The van der Waals surface area contributed by atoms with E-state index in [1.165, 1.54) is 0 Å². The van der Waals surface area contributed by atoms with Crippen LogP contribution in [-0.2, 0) is 0 Å². The molecule has 2 aromatic carbocycles. The summed E-state index contributed by atoms with van der Waals surface area (Å²) in [5.74, 6) is 2.54. The van der Waals surface area contributed by atoms with Crippen molar-refractivity contribution in [1.29, 1.82) is 0 Å². The molecule has 0 unspecified atom stereocenters. The van der Waals surface area contributed by atoms with Crippen LogP contribution in [0, 0.1) is 0 Å². The van der Waals surface area contributed by atoms with E-state index < -0.39 is 0 Å². The fraction of sp³-hybridized carbons (Fsp3) is 0.444. The lowest BCUT2D eigenvalue weighted by molar-refractivity contribution is 0.224. The zero-order chi connectivity index (χ0) is 22.9. The van der Waals surface area contributed by atoms with Gasteiger partial charge in [0.25, 0.3) is 0 Å². The summed E-state index contributed by atoms with van der Waals surface area (Å²) in [7, 11) is 0. The first-order valence-electron chi connectivity index (χ1n) is 11.7. The monoisotopic (exact) mass is 436 g/mol. The molecule has 0 N–H and O–H groups in total. The predicted molar refractivity (Wildman–Crippen MR) is 132 cm³/mol. The Labute approximate surface area is 192 Å². The van der Waals surface area contributed by atoms with Gasteiger partial charge < -0.3 is 19.1 Å². The summed E-state index contributed by atoms with van der Waals surface area (Å²) in [6.07, 6.45) is 1.10. The minimum Gasteiger partial charge on any atom is -0.494 e. The molecule has 0 fully saturated rings. The fourth-order valence-corrected chi connectivity index (χ4v) is 3.55. The van der Waals surface area contributed by atoms with Crippen LogP contribution in [0.3, 0.4) is 0 Å². The smallest absolute Gasteiger partial charge is 0.131 e. The van der Waals surface area contributed by atoms with Crippen LogP contribution in [-0.4, -0.2) is 48.8 Å². The van der Waals surface area contributed by atoms with Gasteiger partial charge in [-0.25, -0.2) is 4.98 Å². The Balaban J connectivity index is 1.93. The number of hydrogen-bond acceptors (Lipinski definition) is 5. The van der Waals surface area contributed by atoms with E-state index in [4.69, 9.17) is 19.2 Å². The Kier molecular flexibility index (Phi) is 8.74. The molecule has 1 aromatic heterocycles. The topological polar surface area (TPSA) is 43.8 Å². The first kappa shape index (κ1) is 23.9. The number of rotatable bonds is 12. The van der Waals surface area contributed by atoms with Gasteiger partial charge in [0.05, 0.1) is 23.9 Å². The van der Waals surface area contributed by atoms with Gasteiger partial charge in [0, 0.05) is 23.6 Å². The van der Waals surface area contributed by atoms with Crippen LogP contribution >= 0.6 is 0 Å². The molecule has 32 heavy (non-hydrogen) atoms. The molecule has 3 rings (SSSR count). The van der Waals surface area contributed by atoms with Crippen molar-refractivity contribution in [3.05, 3.63) is 48.5 Å². The largest absolute Gasteiger partial charge is 0.494 e. The molecule has 0 aliphatic heterocycles. The van der Waals surface area contributed by atoms with Crippen LogP contribution in [0.5, 0.6) is 17.2 Å². The van der Waals surface area contributed by atoms with Crippen LogP contribution in [0.15, 0.2) is 48.5 Å². The highest BCUT2D eigenvalue weighted by Gasteiger charge is 2.12. The highest BCUT2D eigenvalue weighted by molar-refractivity contribution is 5.89. The van der Waals surface area contributed by atoms with E-state index in [1.54, 1.807) is 0 Å². The van der Waals surface area contributed by atoms with E-state index in [2.05, 4.69) is 37.8 Å². The van der Waals surface area contributed by atoms with Gasteiger partial charge in [-0.15, -0.1) is 0 Å².